The number of aliphatic hydroxyl groups is 2. The Labute approximate surface area is 105 Å². The largest absolute Gasteiger partial charge is 0.396 e. The van der Waals surface area contributed by atoms with Crippen molar-refractivity contribution in [2.24, 2.45) is 5.92 Å². The highest BCUT2D eigenvalue weighted by Gasteiger charge is 2.27. The summed E-state index contributed by atoms with van der Waals surface area (Å²) >= 11 is 0. The molecule has 1 aromatic rings. The van der Waals surface area contributed by atoms with E-state index in [1.165, 1.54) is 12.1 Å². The van der Waals surface area contributed by atoms with Crippen LogP contribution in [0.3, 0.4) is 0 Å². The lowest BCUT2D eigenvalue weighted by atomic mass is 9.94. The van der Waals surface area contributed by atoms with Crippen molar-refractivity contribution in [3.63, 3.8) is 0 Å². The van der Waals surface area contributed by atoms with E-state index in [1.54, 1.807) is 0 Å². The van der Waals surface area contributed by atoms with E-state index in [0.29, 0.717) is 31.6 Å². The van der Waals surface area contributed by atoms with Crippen LogP contribution in [0.15, 0.2) is 18.2 Å². The number of β-amino-alcohol motifs (C(OH)–C–C–N with tert-alkyl or cyclic N) is 1. The van der Waals surface area contributed by atoms with E-state index in [0.717, 1.165) is 6.07 Å². The summed E-state index contributed by atoms with van der Waals surface area (Å²) < 4.78 is 26.2. The minimum atomic E-state index is -0.591. The first-order valence-electron chi connectivity index (χ1n) is 6.05. The first kappa shape index (κ1) is 13.4. The number of halogens is 2. The fourth-order valence-electron chi connectivity index (χ4n) is 2.29. The molecule has 0 saturated carbocycles. The van der Waals surface area contributed by atoms with Gasteiger partial charge in [0.1, 0.15) is 11.6 Å². The summed E-state index contributed by atoms with van der Waals surface area (Å²) in [5, 5.41) is 18.8. The van der Waals surface area contributed by atoms with E-state index in [4.69, 9.17) is 5.11 Å². The predicted octanol–water partition coefficient (Wildman–Crippen LogP) is 1.14. The first-order valence-corrected chi connectivity index (χ1v) is 6.05. The van der Waals surface area contributed by atoms with Crippen LogP contribution in [-0.4, -0.2) is 40.9 Å². The smallest absolute Gasteiger partial charge is 0.130 e. The van der Waals surface area contributed by atoms with Crippen LogP contribution in [0.1, 0.15) is 12.0 Å². The van der Waals surface area contributed by atoms with E-state index in [9.17, 15) is 13.9 Å². The van der Waals surface area contributed by atoms with Gasteiger partial charge in [-0.1, -0.05) is 6.07 Å². The summed E-state index contributed by atoms with van der Waals surface area (Å²) in [5.74, 6) is -1.25. The van der Waals surface area contributed by atoms with Gasteiger partial charge in [0.05, 0.1) is 6.10 Å². The molecule has 0 bridgehead atoms. The Kier molecular flexibility index (Phi) is 4.27. The van der Waals surface area contributed by atoms with Crippen molar-refractivity contribution in [3.05, 3.63) is 35.4 Å². The highest BCUT2D eigenvalue weighted by Crippen LogP contribution is 2.20. The monoisotopic (exact) mass is 257 g/mol. The molecule has 2 rings (SSSR count). The lowest BCUT2D eigenvalue weighted by molar-refractivity contribution is -0.00474. The number of benzene rings is 1. The van der Waals surface area contributed by atoms with Crippen molar-refractivity contribution in [1.82, 2.24) is 4.90 Å². The van der Waals surface area contributed by atoms with Crippen LogP contribution in [0, 0.1) is 17.6 Å². The normalized spacial score (nSPS) is 25.3. The molecule has 2 atom stereocenters. The van der Waals surface area contributed by atoms with Gasteiger partial charge in [-0.25, -0.2) is 8.78 Å². The van der Waals surface area contributed by atoms with Crippen LogP contribution in [0.5, 0.6) is 0 Å². The van der Waals surface area contributed by atoms with Gasteiger partial charge >= 0.3 is 0 Å². The van der Waals surface area contributed by atoms with Crippen LogP contribution in [0.4, 0.5) is 8.78 Å². The maximum Gasteiger partial charge on any atom is 0.130 e. The molecule has 1 aliphatic heterocycles. The molecule has 1 aliphatic rings. The summed E-state index contributed by atoms with van der Waals surface area (Å²) in [6.07, 6.45) is 0.0905. The number of aliphatic hydroxyl groups excluding tert-OH is 2. The Bertz CT molecular complexity index is 414. The molecule has 0 aliphatic carbocycles. The second-order valence-corrected chi connectivity index (χ2v) is 4.77. The number of likely N-dealkylation sites (tertiary alicyclic amines) is 1. The molecule has 100 valence electrons. The van der Waals surface area contributed by atoms with Crippen molar-refractivity contribution in [2.75, 3.05) is 19.7 Å². The summed E-state index contributed by atoms with van der Waals surface area (Å²) in [7, 11) is 0. The van der Waals surface area contributed by atoms with Crippen LogP contribution in [0.25, 0.3) is 0 Å². The van der Waals surface area contributed by atoms with Crippen LogP contribution in [0.2, 0.25) is 0 Å². The third-order valence-electron chi connectivity index (χ3n) is 3.45. The zero-order valence-corrected chi connectivity index (χ0v) is 10.0. The summed E-state index contributed by atoms with van der Waals surface area (Å²) in [5.41, 5.74) is 0.422. The molecule has 18 heavy (non-hydrogen) atoms. The number of rotatable bonds is 3. The van der Waals surface area contributed by atoms with Crippen LogP contribution >= 0.6 is 0 Å². The molecular formula is C13H17F2NO2. The van der Waals surface area contributed by atoms with E-state index in [-0.39, 0.29) is 12.5 Å². The zero-order chi connectivity index (χ0) is 13.1. The Hall–Kier alpha value is -1.04. The van der Waals surface area contributed by atoms with Gasteiger partial charge in [-0.05, 0) is 19.0 Å². The minimum absolute atomic E-state index is 0.0279. The summed E-state index contributed by atoms with van der Waals surface area (Å²) in [6.45, 7) is 1.42. The first-order chi connectivity index (χ1) is 8.60. The minimum Gasteiger partial charge on any atom is -0.396 e. The van der Waals surface area contributed by atoms with Crippen LogP contribution in [-0.2, 0) is 6.54 Å². The maximum absolute atomic E-state index is 13.5. The number of piperidine rings is 1. The average Bonchev–Trinajstić information content (AvgIpc) is 2.33. The average molecular weight is 257 g/mol. The van der Waals surface area contributed by atoms with Gasteiger partial charge in [0.25, 0.3) is 0 Å². The van der Waals surface area contributed by atoms with E-state index >= 15 is 0 Å². The Morgan fingerprint density at radius 2 is 2.11 bits per heavy atom. The highest BCUT2D eigenvalue weighted by atomic mass is 19.1. The van der Waals surface area contributed by atoms with Gasteiger partial charge in [0.2, 0.25) is 0 Å². The Morgan fingerprint density at radius 3 is 2.72 bits per heavy atom. The van der Waals surface area contributed by atoms with Crippen molar-refractivity contribution >= 4 is 0 Å². The van der Waals surface area contributed by atoms with Gasteiger partial charge in [0, 0.05) is 37.2 Å². The van der Waals surface area contributed by atoms with Gasteiger partial charge in [-0.15, -0.1) is 0 Å². The van der Waals surface area contributed by atoms with E-state index < -0.39 is 17.7 Å². The molecule has 1 heterocycles. The second-order valence-electron chi connectivity index (χ2n) is 4.77. The molecule has 1 saturated heterocycles. The molecule has 5 heteroatoms. The third-order valence-corrected chi connectivity index (χ3v) is 3.45. The number of hydrogen-bond donors (Lipinski definition) is 2. The van der Waals surface area contributed by atoms with Gasteiger partial charge in [0.15, 0.2) is 0 Å². The SMILES string of the molecule is OC[C@H]1CCN(Cc2ccc(F)cc2F)C[C@H]1O. The molecule has 3 nitrogen and oxygen atoms in total. The Balaban J connectivity index is 1.98. The lowest BCUT2D eigenvalue weighted by Crippen LogP contribution is -2.44. The van der Waals surface area contributed by atoms with Gasteiger partial charge in [-0.2, -0.15) is 0 Å². The van der Waals surface area contributed by atoms with E-state index in [2.05, 4.69) is 0 Å². The fraction of sp³-hybridized carbons (Fsp3) is 0.538. The van der Waals surface area contributed by atoms with Crippen molar-refractivity contribution in [2.45, 2.75) is 19.1 Å². The van der Waals surface area contributed by atoms with Gasteiger partial charge < -0.3 is 10.2 Å². The standard InChI is InChI=1S/C13H17F2NO2/c14-11-2-1-9(12(15)5-11)6-16-4-3-10(8-17)13(18)7-16/h1-2,5,10,13,17-18H,3-4,6-8H2/t10-,13-/m1/s1. The quantitative estimate of drug-likeness (QED) is 0.853. The zero-order valence-electron chi connectivity index (χ0n) is 10.0. The summed E-state index contributed by atoms with van der Waals surface area (Å²) in [6, 6.07) is 3.52. The second kappa shape index (κ2) is 5.73. The molecule has 1 fully saturated rings. The molecule has 2 N–H and O–H groups in total. The lowest BCUT2D eigenvalue weighted by Gasteiger charge is -2.35. The topological polar surface area (TPSA) is 43.7 Å². The molecule has 0 radical (unpaired) electrons. The number of nitrogens with zero attached hydrogens (tertiary/aromatic N) is 1. The van der Waals surface area contributed by atoms with Crippen molar-refractivity contribution < 1.29 is 19.0 Å². The van der Waals surface area contributed by atoms with Gasteiger partial charge in [-0.3, -0.25) is 4.90 Å². The molecule has 0 amide bonds. The fourth-order valence-corrected chi connectivity index (χ4v) is 2.29. The summed E-state index contributed by atoms with van der Waals surface area (Å²) in [4.78, 5) is 1.91. The van der Waals surface area contributed by atoms with Crippen LogP contribution < -0.4 is 0 Å². The van der Waals surface area contributed by atoms with Crippen molar-refractivity contribution in [3.8, 4) is 0 Å². The predicted molar refractivity (Wildman–Crippen MR) is 62.8 cm³/mol. The molecule has 0 aromatic heterocycles. The Morgan fingerprint density at radius 1 is 1.33 bits per heavy atom. The van der Waals surface area contributed by atoms with E-state index in [1.807, 2.05) is 4.90 Å². The maximum atomic E-state index is 13.5. The molecule has 0 spiro atoms. The highest BCUT2D eigenvalue weighted by molar-refractivity contribution is 5.18. The van der Waals surface area contributed by atoms with Crippen molar-refractivity contribution in [1.29, 1.82) is 0 Å². The molecule has 1 aromatic carbocycles. The third kappa shape index (κ3) is 3.04. The molecular weight excluding hydrogens is 240 g/mol. The number of hydrogen-bond acceptors (Lipinski definition) is 3. The molecule has 0 unspecified atom stereocenters.